The second-order valence-electron chi connectivity index (χ2n) is 7.23. The highest BCUT2D eigenvalue weighted by molar-refractivity contribution is 6.01. The standard InChI is InChI=1S/C20H28N2O3/c1-2-3-4-7-14-22-18(23)16-9-6-5-8-15(16)17(19(24)25)20(22)10-12-21-13-11-20/h5-6,8-9,17,21H,2-4,7,10-14H2,1H3,(H,24,25). The number of carbonyl (C=O) groups excluding carboxylic acids is 1. The molecule has 5 heteroatoms. The van der Waals surface area contributed by atoms with Gasteiger partial charge in [0.15, 0.2) is 0 Å². The summed E-state index contributed by atoms with van der Waals surface area (Å²) < 4.78 is 0. The molecule has 0 saturated carbocycles. The first-order valence-corrected chi connectivity index (χ1v) is 9.46. The number of unbranched alkanes of at least 4 members (excludes halogenated alkanes) is 3. The van der Waals surface area contributed by atoms with Gasteiger partial charge in [-0.3, -0.25) is 9.59 Å². The molecular formula is C20H28N2O3. The average Bonchev–Trinajstić information content (AvgIpc) is 2.61. The van der Waals surface area contributed by atoms with Crippen molar-refractivity contribution >= 4 is 11.9 Å². The minimum atomic E-state index is -0.819. The number of benzene rings is 1. The van der Waals surface area contributed by atoms with E-state index in [9.17, 15) is 14.7 Å². The van der Waals surface area contributed by atoms with Gasteiger partial charge < -0.3 is 15.3 Å². The number of rotatable bonds is 6. The van der Waals surface area contributed by atoms with Crippen LogP contribution in [-0.4, -0.2) is 47.1 Å². The van der Waals surface area contributed by atoms with E-state index in [-0.39, 0.29) is 5.91 Å². The fraction of sp³-hybridized carbons (Fsp3) is 0.600. The highest BCUT2D eigenvalue weighted by Gasteiger charge is 2.54. The Labute approximate surface area is 149 Å². The van der Waals surface area contributed by atoms with Gasteiger partial charge in [0.25, 0.3) is 5.91 Å². The van der Waals surface area contributed by atoms with Crippen molar-refractivity contribution < 1.29 is 14.7 Å². The normalized spacial score (nSPS) is 22.0. The molecule has 25 heavy (non-hydrogen) atoms. The second kappa shape index (κ2) is 7.56. The third-order valence-electron chi connectivity index (χ3n) is 5.77. The Balaban J connectivity index is 2.02. The molecular weight excluding hydrogens is 316 g/mol. The lowest BCUT2D eigenvalue weighted by atomic mass is 9.68. The number of fused-ring (bicyclic) bond motifs is 1. The van der Waals surface area contributed by atoms with E-state index in [4.69, 9.17) is 0 Å². The van der Waals surface area contributed by atoms with E-state index in [1.165, 1.54) is 0 Å². The van der Waals surface area contributed by atoms with Gasteiger partial charge in [-0.15, -0.1) is 0 Å². The summed E-state index contributed by atoms with van der Waals surface area (Å²) >= 11 is 0. The summed E-state index contributed by atoms with van der Waals surface area (Å²) in [5.74, 6) is -1.46. The molecule has 1 aromatic rings. The van der Waals surface area contributed by atoms with E-state index in [1.807, 2.05) is 23.1 Å². The van der Waals surface area contributed by atoms with Crippen LogP contribution in [0.5, 0.6) is 0 Å². The Bertz CT molecular complexity index is 638. The van der Waals surface area contributed by atoms with Gasteiger partial charge in [-0.1, -0.05) is 44.4 Å². The minimum Gasteiger partial charge on any atom is -0.481 e. The van der Waals surface area contributed by atoms with Crippen molar-refractivity contribution in [3.05, 3.63) is 35.4 Å². The van der Waals surface area contributed by atoms with Gasteiger partial charge in [0.1, 0.15) is 5.92 Å². The molecule has 2 aliphatic rings. The topological polar surface area (TPSA) is 69.6 Å². The molecule has 3 rings (SSSR count). The first-order chi connectivity index (χ1) is 12.1. The predicted octanol–water partition coefficient (Wildman–Crippen LogP) is 3.01. The number of aliphatic carboxylic acids is 1. The van der Waals surface area contributed by atoms with E-state index >= 15 is 0 Å². The number of piperidine rings is 1. The number of nitrogens with one attached hydrogen (secondary N) is 1. The number of nitrogens with zero attached hydrogens (tertiary/aromatic N) is 1. The molecule has 1 fully saturated rings. The molecule has 2 N–H and O–H groups in total. The minimum absolute atomic E-state index is 0.00602. The van der Waals surface area contributed by atoms with Crippen LogP contribution in [-0.2, 0) is 4.79 Å². The first-order valence-electron chi connectivity index (χ1n) is 9.46. The van der Waals surface area contributed by atoms with Crippen LogP contribution in [0.2, 0.25) is 0 Å². The van der Waals surface area contributed by atoms with Gasteiger partial charge in [-0.05, 0) is 44.0 Å². The smallest absolute Gasteiger partial charge is 0.313 e. The molecule has 136 valence electrons. The van der Waals surface area contributed by atoms with Crippen molar-refractivity contribution in [3.8, 4) is 0 Å². The molecule has 1 spiro atoms. The Morgan fingerprint density at radius 2 is 1.96 bits per heavy atom. The number of hydrogen-bond acceptors (Lipinski definition) is 3. The highest BCUT2D eigenvalue weighted by Crippen LogP contribution is 2.46. The summed E-state index contributed by atoms with van der Waals surface area (Å²) in [6, 6.07) is 7.27. The third kappa shape index (κ3) is 3.17. The maximum absolute atomic E-state index is 13.2. The maximum atomic E-state index is 13.2. The molecule has 2 aliphatic heterocycles. The summed E-state index contributed by atoms with van der Waals surface area (Å²) in [7, 11) is 0. The Kier molecular flexibility index (Phi) is 5.42. The molecule has 1 atom stereocenters. The van der Waals surface area contributed by atoms with Gasteiger partial charge in [-0.25, -0.2) is 0 Å². The van der Waals surface area contributed by atoms with E-state index in [1.54, 1.807) is 6.07 Å². The zero-order valence-corrected chi connectivity index (χ0v) is 15.0. The summed E-state index contributed by atoms with van der Waals surface area (Å²) in [6.07, 6.45) is 5.69. The third-order valence-corrected chi connectivity index (χ3v) is 5.77. The SMILES string of the molecule is CCCCCCN1C(=O)c2ccccc2C(C(=O)O)C12CCNCC2. The van der Waals surface area contributed by atoms with Crippen LogP contribution in [0.15, 0.2) is 24.3 Å². The van der Waals surface area contributed by atoms with Gasteiger partial charge >= 0.3 is 5.97 Å². The molecule has 5 nitrogen and oxygen atoms in total. The van der Waals surface area contributed by atoms with Crippen LogP contribution < -0.4 is 5.32 Å². The number of carbonyl (C=O) groups is 2. The molecule has 1 amide bonds. The van der Waals surface area contributed by atoms with Crippen LogP contribution in [0, 0.1) is 0 Å². The van der Waals surface area contributed by atoms with Gasteiger partial charge in [0.2, 0.25) is 0 Å². The lowest BCUT2D eigenvalue weighted by Gasteiger charge is -2.53. The molecule has 0 aliphatic carbocycles. The fourth-order valence-corrected chi connectivity index (χ4v) is 4.54. The molecule has 0 aromatic heterocycles. The van der Waals surface area contributed by atoms with Gasteiger partial charge in [0, 0.05) is 12.1 Å². The van der Waals surface area contributed by atoms with Crippen molar-refractivity contribution in [3.63, 3.8) is 0 Å². The summed E-state index contributed by atoms with van der Waals surface area (Å²) in [5.41, 5.74) is 0.649. The molecule has 0 radical (unpaired) electrons. The first kappa shape index (κ1) is 17.9. The number of carboxylic acids is 1. The highest BCUT2D eigenvalue weighted by atomic mass is 16.4. The molecule has 0 bridgehead atoms. The van der Waals surface area contributed by atoms with E-state index in [2.05, 4.69) is 12.2 Å². The maximum Gasteiger partial charge on any atom is 0.313 e. The zero-order valence-electron chi connectivity index (χ0n) is 15.0. The van der Waals surface area contributed by atoms with Crippen molar-refractivity contribution in [2.75, 3.05) is 19.6 Å². The molecule has 1 unspecified atom stereocenters. The largest absolute Gasteiger partial charge is 0.481 e. The predicted molar refractivity (Wildman–Crippen MR) is 96.8 cm³/mol. The number of hydrogen-bond donors (Lipinski definition) is 2. The van der Waals surface area contributed by atoms with Crippen LogP contribution in [0.4, 0.5) is 0 Å². The summed E-state index contributed by atoms with van der Waals surface area (Å²) in [5, 5.41) is 13.4. The van der Waals surface area contributed by atoms with Crippen molar-refractivity contribution in [2.45, 2.75) is 56.9 Å². The van der Waals surface area contributed by atoms with Crippen LogP contribution in [0.1, 0.15) is 67.3 Å². The second-order valence-corrected chi connectivity index (χ2v) is 7.23. The van der Waals surface area contributed by atoms with Crippen LogP contribution in [0.3, 0.4) is 0 Å². The summed E-state index contributed by atoms with van der Waals surface area (Å²) in [6.45, 7) is 4.32. The molecule has 1 saturated heterocycles. The van der Waals surface area contributed by atoms with E-state index in [0.29, 0.717) is 30.5 Å². The number of carboxylic acid groups (broad SMARTS) is 1. The zero-order chi connectivity index (χ0) is 17.9. The van der Waals surface area contributed by atoms with Crippen molar-refractivity contribution in [1.82, 2.24) is 10.2 Å². The summed E-state index contributed by atoms with van der Waals surface area (Å²) in [4.78, 5) is 27.4. The average molecular weight is 344 g/mol. The Hall–Kier alpha value is -1.88. The van der Waals surface area contributed by atoms with Crippen LogP contribution in [0.25, 0.3) is 0 Å². The fourth-order valence-electron chi connectivity index (χ4n) is 4.54. The monoisotopic (exact) mass is 344 g/mol. The quantitative estimate of drug-likeness (QED) is 0.778. The van der Waals surface area contributed by atoms with Gasteiger partial charge in [-0.2, -0.15) is 0 Å². The van der Waals surface area contributed by atoms with E-state index < -0.39 is 17.4 Å². The Morgan fingerprint density at radius 1 is 1.24 bits per heavy atom. The number of amides is 1. The van der Waals surface area contributed by atoms with Crippen LogP contribution >= 0.6 is 0 Å². The Morgan fingerprint density at radius 3 is 2.64 bits per heavy atom. The van der Waals surface area contributed by atoms with E-state index in [0.717, 1.165) is 38.8 Å². The lowest BCUT2D eigenvalue weighted by molar-refractivity contribution is -0.143. The lowest BCUT2D eigenvalue weighted by Crippen LogP contribution is -2.64. The van der Waals surface area contributed by atoms with Crippen molar-refractivity contribution in [1.29, 1.82) is 0 Å². The molecule has 1 aromatic carbocycles. The molecule has 2 heterocycles. The van der Waals surface area contributed by atoms with Gasteiger partial charge in [0.05, 0.1) is 5.54 Å². The van der Waals surface area contributed by atoms with Crippen molar-refractivity contribution in [2.24, 2.45) is 0 Å².